The van der Waals surface area contributed by atoms with E-state index in [9.17, 15) is 0 Å². The predicted molar refractivity (Wildman–Crippen MR) is 91.6 cm³/mol. The molecule has 122 valence electrons. The molecule has 21 heavy (non-hydrogen) atoms. The molecule has 1 rings (SSSR count). The minimum atomic E-state index is 0.181. The smallest absolute Gasteiger partial charge is 0.0521 e. The number of rotatable bonds is 9. The summed E-state index contributed by atoms with van der Waals surface area (Å²) in [4.78, 5) is 0. The van der Waals surface area contributed by atoms with Crippen molar-refractivity contribution in [2.45, 2.75) is 85.7 Å². The van der Waals surface area contributed by atoms with Crippen LogP contribution in [0.5, 0.6) is 0 Å². The van der Waals surface area contributed by atoms with E-state index in [1.54, 1.807) is 0 Å². The molecule has 0 spiro atoms. The van der Waals surface area contributed by atoms with Crippen LogP contribution in [0, 0.1) is 5.41 Å². The summed E-state index contributed by atoms with van der Waals surface area (Å²) in [6.07, 6.45) is 10.5. The average Bonchev–Trinajstić information content (AvgIpc) is 2.88. The van der Waals surface area contributed by atoms with Crippen LogP contribution < -0.4 is 5.32 Å². The van der Waals surface area contributed by atoms with Crippen LogP contribution in [0.15, 0.2) is 12.4 Å². The van der Waals surface area contributed by atoms with Crippen LogP contribution in [0.2, 0.25) is 0 Å². The molecule has 1 N–H and O–H groups in total. The number of aromatic nitrogens is 2. The highest BCUT2D eigenvalue weighted by molar-refractivity contribution is 5.08. The van der Waals surface area contributed by atoms with Gasteiger partial charge in [0.1, 0.15) is 0 Å². The van der Waals surface area contributed by atoms with E-state index in [1.165, 1.54) is 31.2 Å². The summed E-state index contributed by atoms with van der Waals surface area (Å²) in [5.41, 5.74) is 1.91. The highest BCUT2D eigenvalue weighted by Crippen LogP contribution is 2.33. The van der Waals surface area contributed by atoms with Gasteiger partial charge < -0.3 is 5.32 Å². The molecule has 0 amide bonds. The van der Waals surface area contributed by atoms with E-state index in [2.05, 4.69) is 64.4 Å². The largest absolute Gasteiger partial charge is 0.312 e. The Morgan fingerprint density at radius 2 is 1.90 bits per heavy atom. The van der Waals surface area contributed by atoms with Crippen molar-refractivity contribution >= 4 is 0 Å². The molecule has 1 heterocycles. The third-order valence-electron chi connectivity index (χ3n) is 4.39. The Labute approximate surface area is 131 Å². The summed E-state index contributed by atoms with van der Waals surface area (Å²) in [7, 11) is 0. The Morgan fingerprint density at radius 3 is 2.38 bits per heavy atom. The van der Waals surface area contributed by atoms with Crippen molar-refractivity contribution in [1.82, 2.24) is 15.1 Å². The van der Waals surface area contributed by atoms with E-state index >= 15 is 0 Å². The molecular weight excluding hydrogens is 258 g/mol. The molecule has 3 nitrogen and oxygen atoms in total. The minimum Gasteiger partial charge on any atom is -0.312 e. The minimum absolute atomic E-state index is 0.181. The molecule has 0 aliphatic heterocycles. The fourth-order valence-corrected chi connectivity index (χ4v) is 2.77. The van der Waals surface area contributed by atoms with Crippen LogP contribution in [-0.2, 0) is 13.0 Å². The molecule has 0 aliphatic carbocycles. The molecule has 1 aromatic heterocycles. The molecular formula is C18H35N3. The van der Waals surface area contributed by atoms with Gasteiger partial charge in [-0.15, -0.1) is 0 Å². The lowest BCUT2D eigenvalue weighted by atomic mass is 9.75. The standard InChI is InChI=1S/C18H35N3/c1-7-10-11-18(8-2,15-19-17(4,5)6)12-16-13-20-21(9-3)14-16/h13-14,19H,7-12,15H2,1-6H3. The summed E-state index contributed by atoms with van der Waals surface area (Å²) < 4.78 is 2.03. The molecule has 1 aromatic rings. The Bertz CT molecular complexity index is 403. The van der Waals surface area contributed by atoms with Gasteiger partial charge in [-0.2, -0.15) is 5.10 Å². The number of nitrogens with one attached hydrogen (secondary N) is 1. The Kier molecular flexibility index (Phi) is 6.92. The lowest BCUT2D eigenvalue weighted by Crippen LogP contribution is -2.44. The van der Waals surface area contributed by atoms with E-state index in [4.69, 9.17) is 0 Å². The molecule has 0 aromatic carbocycles. The van der Waals surface area contributed by atoms with Crippen molar-refractivity contribution in [1.29, 1.82) is 0 Å². The monoisotopic (exact) mass is 293 g/mol. The van der Waals surface area contributed by atoms with Crippen LogP contribution in [-0.4, -0.2) is 21.9 Å². The lowest BCUT2D eigenvalue weighted by molar-refractivity contribution is 0.206. The third-order valence-corrected chi connectivity index (χ3v) is 4.39. The molecule has 0 saturated heterocycles. The third kappa shape index (κ3) is 6.21. The maximum Gasteiger partial charge on any atom is 0.0521 e. The lowest BCUT2D eigenvalue weighted by Gasteiger charge is -2.36. The number of hydrogen-bond donors (Lipinski definition) is 1. The summed E-state index contributed by atoms with van der Waals surface area (Å²) in [5.74, 6) is 0. The van der Waals surface area contributed by atoms with Gasteiger partial charge in [0.2, 0.25) is 0 Å². The summed E-state index contributed by atoms with van der Waals surface area (Å²) in [6.45, 7) is 15.6. The van der Waals surface area contributed by atoms with Gasteiger partial charge in [0.05, 0.1) is 6.20 Å². The highest BCUT2D eigenvalue weighted by Gasteiger charge is 2.29. The Morgan fingerprint density at radius 1 is 1.19 bits per heavy atom. The first-order valence-electron chi connectivity index (χ1n) is 8.60. The molecule has 3 heteroatoms. The predicted octanol–water partition coefficient (Wildman–Crippen LogP) is 4.42. The fourth-order valence-electron chi connectivity index (χ4n) is 2.77. The number of aryl methyl sites for hydroxylation is 1. The fraction of sp³-hybridized carbons (Fsp3) is 0.833. The zero-order valence-electron chi connectivity index (χ0n) is 15.0. The number of hydrogen-bond acceptors (Lipinski definition) is 2. The van der Waals surface area contributed by atoms with Crippen molar-refractivity contribution in [3.8, 4) is 0 Å². The van der Waals surface area contributed by atoms with Gasteiger partial charge in [0.15, 0.2) is 0 Å². The van der Waals surface area contributed by atoms with Gasteiger partial charge in [0, 0.05) is 24.8 Å². The van der Waals surface area contributed by atoms with Gasteiger partial charge >= 0.3 is 0 Å². The van der Waals surface area contributed by atoms with E-state index in [0.717, 1.165) is 19.5 Å². The van der Waals surface area contributed by atoms with Crippen molar-refractivity contribution < 1.29 is 0 Å². The normalized spacial score (nSPS) is 15.1. The van der Waals surface area contributed by atoms with Crippen LogP contribution in [0.1, 0.15) is 72.8 Å². The zero-order valence-corrected chi connectivity index (χ0v) is 15.0. The second kappa shape index (κ2) is 7.98. The number of nitrogens with zero attached hydrogens (tertiary/aromatic N) is 2. The molecule has 0 bridgehead atoms. The van der Waals surface area contributed by atoms with Crippen LogP contribution in [0.4, 0.5) is 0 Å². The first-order chi connectivity index (χ1) is 9.84. The molecule has 0 radical (unpaired) electrons. The van der Waals surface area contributed by atoms with Gasteiger partial charge in [-0.3, -0.25) is 4.68 Å². The molecule has 0 fully saturated rings. The van der Waals surface area contributed by atoms with Crippen LogP contribution >= 0.6 is 0 Å². The van der Waals surface area contributed by atoms with Crippen molar-refractivity contribution in [2.75, 3.05) is 6.54 Å². The SMILES string of the molecule is CCCCC(CC)(CNC(C)(C)C)Cc1cnn(CC)c1. The molecule has 1 unspecified atom stereocenters. The zero-order chi connectivity index (χ0) is 15.9. The quantitative estimate of drug-likeness (QED) is 0.730. The Hall–Kier alpha value is -0.830. The van der Waals surface area contributed by atoms with E-state index in [-0.39, 0.29) is 5.54 Å². The summed E-state index contributed by atoms with van der Waals surface area (Å²) >= 11 is 0. The second-order valence-corrected chi connectivity index (χ2v) is 7.44. The van der Waals surface area contributed by atoms with Gasteiger partial charge in [0.25, 0.3) is 0 Å². The first kappa shape index (κ1) is 18.2. The highest BCUT2D eigenvalue weighted by atomic mass is 15.3. The van der Waals surface area contributed by atoms with E-state index in [1.807, 2.05) is 4.68 Å². The molecule has 0 saturated carbocycles. The van der Waals surface area contributed by atoms with Crippen molar-refractivity contribution in [3.05, 3.63) is 18.0 Å². The second-order valence-electron chi connectivity index (χ2n) is 7.44. The topological polar surface area (TPSA) is 29.9 Å². The number of unbranched alkanes of at least 4 members (excludes halogenated alkanes) is 1. The van der Waals surface area contributed by atoms with Gasteiger partial charge in [-0.05, 0) is 57.9 Å². The van der Waals surface area contributed by atoms with Crippen molar-refractivity contribution in [3.63, 3.8) is 0 Å². The van der Waals surface area contributed by atoms with E-state index < -0.39 is 0 Å². The van der Waals surface area contributed by atoms with Crippen molar-refractivity contribution in [2.24, 2.45) is 5.41 Å². The van der Waals surface area contributed by atoms with Gasteiger partial charge in [-0.25, -0.2) is 0 Å². The van der Waals surface area contributed by atoms with E-state index in [0.29, 0.717) is 5.41 Å². The first-order valence-corrected chi connectivity index (χ1v) is 8.60. The molecule has 0 aliphatic rings. The average molecular weight is 293 g/mol. The van der Waals surface area contributed by atoms with Crippen LogP contribution in [0.25, 0.3) is 0 Å². The maximum atomic E-state index is 4.44. The summed E-state index contributed by atoms with van der Waals surface area (Å²) in [5, 5.41) is 8.18. The molecule has 1 atom stereocenters. The summed E-state index contributed by atoms with van der Waals surface area (Å²) in [6, 6.07) is 0. The van der Waals surface area contributed by atoms with Gasteiger partial charge in [-0.1, -0.05) is 26.7 Å². The maximum absolute atomic E-state index is 4.44. The van der Waals surface area contributed by atoms with Crippen LogP contribution in [0.3, 0.4) is 0 Å². The Balaban J connectivity index is 2.82.